The molecule has 3 aromatic rings. The average Bonchev–Trinajstić information content (AvgIpc) is 3.72. The number of nitriles is 1. The van der Waals surface area contributed by atoms with Crippen molar-refractivity contribution in [2.75, 3.05) is 53.6 Å². The molecule has 10 rings (SSSR count). The number of rotatable bonds is 6. The fourth-order valence-electron chi connectivity index (χ4n) is 10.7. The van der Waals surface area contributed by atoms with Crippen molar-refractivity contribution < 1.29 is 52.6 Å². The van der Waals surface area contributed by atoms with Gasteiger partial charge in [-0.2, -0.15) is 5.26 Å². The lowest BCUT2D eigenvalue weighted by Gasteiger charge is -2.62. The van der Waals surface area contributed by atoms with Gasteiger partial charge in [0.1, 0.15) is 24.0 Å². The van der Waals surface area contributed by atoms with Gasteiger partial charge in [0.15, 0.2) is 40.0 Å². The van der Waals surface area contributed by atoms with E-state index in [1.165, 1.54) is 7.11 Å². The minimum Gasteiger partial charge on any atom is -0.504 e. The molecule has 0 saturated carbocycles. The molecule has 4 bridgehead atoms. The topological polar surface area (TPSA) is 171 Å². The smallest absolute Gasteiger partial charge is 0.504 e. The molecule has 1 unspecified atom stereocenters. The van der Waals surface area contributed by atoms with Crippen LogP contribution in [0.5, 0.6) is 40.2 Å². The Labute approximate surface area is 365 Å². The fourth-order valence-corrected chi connectivity index (χ4v) is 12.4. The van der Waals surface area contributed by atoms with Crippen molar-refractivity contribution in [2.45, 2.75) is 107 Å². The van der Waals surface area contributed by atoms with Crippen molar-refractivity contribution in [1.29, 1.82) is 5.26 Å². The number of aromatic hydroxyl groups is 1. The van der Waals surface area contributed by atoms with Gasteiger partial charge in [0.25, 0.3) is 0 Å². The molecule has 7 aliphatic rings. The molecular weight excluding hydrogens is 817 g/mol. The largest absolute Gasteiger partial charge is 0.514 e. The van der Waals surface area contributed by atoms with Crippen LogP contribution in [-0.4, -0.2) is 104 Å². The molecule has 16 heteroatoms. The Balaban J connectivity index is 1.26. The first-order chi connectivity index (χ1) is 29.7. The number of thioether (sulfide) groups is 1. The molecule has 330 valence electrons. The van der Waals surface area contributed by atoms with Crippen LogP contribution in [0.3, 0.4) is 0 Å². The van der Waals surface area contributed by atoms with Gasteiger partial charge < -0.3 is 43.0 Å². The summed E-state index contributed by atoms with van der Waals surface area (Å²) < 4.78 is 48.6. The Morgan fingerprint density at radius 2 is 1.82 bits per heavy atom. The molecule has 15 nitrogen and oxygen atoms in total. The maximum absolute atomic E-state index is 15.1. The van der Waals surface area contributed by atoms with E-state index in [4.69, 9.17) is 37.9 Å². The van der Waals surface area contributed by atoms with E-state index >= 15 is 4.79 Å². The highest BCUT2D eigenvalue weighted by Crippen LogP contribution is 2.64. The molecule has 2 fully saturated rings. The quantitative estimate of drug-likeness (QED) is 0.204. The second-order valence-corrected chi connectivity index (χ2v) is 19.0. The van der Waals surface area contributed by atoms with Gasteiger partial charge in [0.05, 0.1) is 44.2 Å². The van der Waals surface area contributed by atoms with E-state index in [1.807, 2.05) is 20.9 Å². The molecule has 0 aromatic heterocycles. The standard InChI is InChI=1S/C46H54N4O11S/c1-10-13-56-39-23(3)40-41(59-21-58-40)33-29-19-57-43(52)46(26-17-30(54-8)31(16-24(26)11-12-48-46)60-44(53)61-45(4,5)6)20-62-42(34(33)39)36-35-32-25(14-22(2)38(55-9)37(32)51)15-27(49(35)7)28(18-47)50(29)36/h14,16-17,27-29,35-36,42,48,51H,10-13,15,19-21H2,1-9H3/t27-,28+,29-,35+,36?,42-,46-/m1/s1. The summed E-state index contributed by atoms with van der Waals surface area (Å²) in [6, 6.07) is 5.81. The molecule has 62 heavy (non-hydrogen) atoms. The Morgan fingerprint density at radius 3 is 2.53 bits per heavy atom. The number of likely N-dealkylation sites (N-methyl/N-ethyl adjacent to an activating group) is 1. The average molecular weight is 871 g/mol. The van der Waals surface area contributed by atoms with Gasteiger partial charge in [-0.15, -0.1) is 11.8 Å². The fraction of sp³-hybridized carbons (Fsp3) is 0.543. The molecular formula is C46H54N4O11S. The molecule has 2 N–H and O–H groups in total. The van der Waals surface area contributed by atoms with E-state index in [-0.39, 0.29) is 42.4 Å². The first kappa shape index (κ1) is 42.2. The van der Waals surface area contributed by atoms with Gasteiger partial charge in [-0.3, -0.25) is 15.1 Å². The van der Waals surface area contributed by atoms with Crippen LogP contribution < -0.4 is 33.7 Å². The number of esters is 1. The van der Waals surface area contributed by atoms with Crippen LogP contribution in [0.25, 0.3) is 0 Å². The number of benzene rings is 3. The molecule has 3 aromatic carbocycles. The number of nitrogens with one attached hydrogen (secondary N) is 1. The van der Waals surface area contributed by atoms with Crippen LogP contribution in [-0.2, 0) is 32.6 Å². The van der Waals surface area contributed by atoms with Crippen molar-refractivity contribution in [3.05, 3.63) is 62.7 Å². The van der Waals surface area contributed by atoms with Crippen molar-refractivity contribution in [1.82, 2.24) is 15.1 Å². The van der Waals surface area contributed by atoms with Crippen LogP contribution in [0.1, 0.15) is 96.0 Å². The SMILES string of the molecule is CCCOc1c(C)c2c(c3c1[C@H]1SC[C@]4(NCCc5cc(OC(=O)OC(C)(C)C)c(OC)cc54)C(=O)OC[C@H]3N3C1[C@@H]1c4c(cc(C)c(OC)c4O)C[C@H]([C@@H]3C#N)N1C)OCO2. The Morgan fingerprint density at radius 1 is 1.05 bits per heavy atom. The minimum atomic E-state index is -1.38. The summed E-state index contributed by atoms with van der Waals surface area (Å²) in [6.07, 6.45) is 0.929. The zero-order valence-electron chi connectivity index (χ0n) is 36.6. The van der Waals surface area contributed by atoms with Crippen LogP contribution >= 0.6 is 11.8 Å². The molecule has 7 aliphatic heterocycles. The summed E-state index contributed by atoms with van der Waals surface area (Å²) in [4.78, 5) is 32.4. The molecule has 7 atom stereocenters. The highest BCUT2D eigenvalue weighted by Gasteiger charge is 2.62. The third-order valence-electron chi connectivity index (χ3n) is 13.2. The van der Waals surface area contributed by atoms with Gasteiger partial charge in [-0.05, 0) is 95.3 Å². The van der Waals surface area contributed by atoms with Gasteiger partial charge >= 0.3 is 12.1 Å². The Hall–Kier alpha value is -5.08. The van der Waals surface area contributed by atoms with E-state index in [0.29, 0.717) is 54.6 Å². The molecule has 0 aliphatic carbocycles. The summed E-state index contributed by atoms with van der Waals surface area (Å²) in [5.41, 5.74) is 4.30. The summed E-state index contributed by atoms with van der Waals surface area (Å²) in [5.74, 6) is 2.42. The third kappa shape index (κ3) is 6.40. The minimum absolute atomic E-state index is 0.00886. The number of phenolic OH excluding ortho intramolecular Hbond substituents is 1. The summed E-state index contributed by atoms with van der Waals surface area (Å²) in [5, 5.41) is 26.6. The highest BCUT2D eigenvalue weighted by atomic mass is 32.2. The predicted molar refractivity (Wildman–Crippen MR) is 228 cm³/mol. The maximum Gasteiger partial charge on any atom is 0.514 e. The number of piperazine rings is 1. The predicted octanol–water partition coefficient (Wildman–Crippen LogP) is 6.46. The van der Waals surface area contributed by atoms with Crippen LogP contribution in [0, 0.1) is 25.2 Å². The highest BCUT2D eigenvalue weighted by molar-refractivity contribution is 7.99. The Bertz CT molecular complexity index is 2400. The van der Waals surface area contributed by atoms with Crippen molar-refractivity contribution in [3.63, 3.8) is 0 Å². The van der Waals surface area contributed by atoms with E-state index in [2.05, 4.69) is 34.2 Å². The third-order valence-corrected chi connectivity index (χ3v) is 14.7. The normalized spacial score (nSPS) is 27.2. The van der Waals surface area contributed by atoms with E-state index in [1.54, 1.807) is 51.8 Å². The van der Waals surface area contributed by atoms with E-state index < -0.39 is 52.7 Å². The number of fused-ring (bicyclic) bond motifs is 9. The lowest BCUT2D eigenvalue weighted by molar-refractivity contribution is -0.157. The van der Waals surface area contributed by atoms with Gasteiger partial charge in [0.2, 0.25) is 6.79 Å². The maximum atomic E-state index is 15.1. The molecule has 0 radical (unpaired) electrons. The number of carbonyl (C=O) groups excluding carboxylic acids is 2. The van der Waals surface area contributed by atoms with Gasteiger partial charge in [-0.1, -0.05) is 13.0 Å². The summed E-state index contributed by atoms with van der Waals surface area (Å²) in [7, 11) is 5.08. The molecule has 2 saturated heterocycles. The second kappa shape index (κ2) is 15.6. The summed E-state index contributed by atoms with van der Waals surface area (Å²) in [6.45, 7) is 12.0. The molecule has 0 amide bonds. The zero-order chi connectivity index (χ0) is 44.0. The first-order valence-electron chi connectivity index (χ1n) is 21.2. The van der Waals surface area contributed by atoms with Gasteiger partial charge in [-0.25, -0.2) is 9.59 Å². The number of nitrogens with zero attached hydrogens (tertiary/aromatic N) is 3. The monoisotopic (exact) mass is 870 g/mol. The van der Waals surface area contributed by atoms with Crippen molar-refractivity contribution in [2.24, 2.45) is 0 Å². The number of carbonyl (C=O) groups is 2. The van der Waals surface area contributed by atoms with Gasteiger partial charge in [0, 0.05) is 46.6 Å². The zero-order valence-corrected chi connectivity index (χ0v) is 37.4. The first-order valence-corrected chi connectivity index (χ1v) is 22.3. The lowest BCUT2D eigenvalue weighted by atomic mass is 9.71. The van der Waals surface area contributed by atoms with Crippen LogP contribution in [0.2, 0.25) is 0 Å². The van der Waals surface area contributed by atoms with E-state index in [0.717, 1.165) is 45.4 Å². The number of hydrogen-bond acceptors (Lipinski definition) is 16. The van der Waals surface area contributed by atoms with E-state index in [9.17, 15) is 15.2 Å². The number of hydrogen-bond donors (Lipinski definition) is 2. The second-order valence-electron chi connectivity index (χ2n) is 17.9. The number of ether oxygens (including phenoxy) is 8. The number of phenols is 1. The van der Waals surface area contributed by atoms with Crippen LogP contribution in [0.15, 0.2) is 18.2 Å². The molecule has 1 spiro atoms. The number of aryl methyl sites for hydroxylation is 1. The van der Waals surface area contributed by atoms with Crippen LogP contribution in [0.4, 0.5) is 4.79 Å². The number of methoxy groups -OCH3 is 2. The van der Waals surface area contributed by atoms with Crippen molar-refractivity contribution >= 4 is 23.9 Å². The summed E-state index contributed by atoms with van der Waals surface area (Å²) >= 11 is 1.57. The lowest BCUT2D eigenvalue weighted by Crippen LogP contribution is -2.69. The molecule has 7 heterocycles. The van der Waals surface area contributed by atoms with Crippen molar-refractivity contribution in [3.8, 4) is 46.3 Å². The Kier molecular flexibility index (Phi) is 10.6.